The molecule has 0 unspecified atom stereocenters. The number of benzene rings is 2. The number of ether oxygens (including phenoxy) is 2. The molecular formula is C16H12FN3O2S2. The normalized spacial score (nSPS) is 11.1. The van der Waals surface area contributed by atoms with Crippen LogP contribution in [0.15, 0.2) is 30.3 Å². The minimum Gasteiger partial charge on any atom is -0.497 e. The van der Waals surface area contributed by atoms with Crippen LogP contribution in [0, 0.1) is 5.82 Å². The van der Waals surface area contributed by atoms with Crippen molar-refractivity contribution >= 4 is 53.4 Å². The number of rotatable bonds is 4. The summed E-state index contributed by atoms with van der Waals surface area (Å²) >= 11 is 2.84. The highest BCUT2D eigenvalue weighted by molar-refractivity contribution is 7.24. The third-order valence-electron chi connectivity index (χ3n) is 3.47. The van der Waals surface area contributed by atoms with Gasteiger partial charge in [-0.25, -0.2) is 14.4 Å². The Morgan fingerprint density at radius 1 is 0.958 bits per heavy atom. The average Bonchev–Trinajstić information content (AvgIpc) is 3.17. The summed E-state index contributed by atoms with van der Waals surface area (Å²) in [4.78, 5) is 8.84. The van der Waals surface area contributed by atoms with Gasteiger partial charge in [-0.3, -0.25) is 0 Å². The van der Waals surface area contributed by atoms with Gasteiger partial charge < -0.3 is 14.8 Å². The van der Waals surface area contributed by atoms with Crippen LogP contribution in [0.2, 0.25) is 0 Å². The summed E-state index contributed by atoms with van der Waals surface area (Å²) in [5, 5.41) is 4.41. The average molecular weight is 361 g/mol. The summed E-state index contributed by atoms with van der Waals surface area (Å²) in [6.45, 7) is 0. The largest absolute Gasteiger partial charge is 0.497 e. The van der Waals surface area contributed by atoms with Crippen LogP contribution in [-0.4, -0.2) is 24.2 Å². The highest BCUT2D eigenvalue weighted by Gasteiger charge is 2.14. The third-order valence-corrected chi connectivity index (χ3v) is 5.33. The van der Waals surface area contributed by atoms with Gasteiger partial charge in [0.1, 0.15) is 28.3 Å². The number of thiazole rings is 2. The SMILES string of the molecule is COc1cc(OC)c2nc(Nc3nc4c(F)cccc4s3)sc2c1. The van der Waals surface area contributed by atoms with Gasteiger partial charge in [0.15, 0.2) is 10.3 Å². The molecular weight excluding hydrogens is 349 g/mol. The van der Waals surface area contributed by atoms with Gasteiger partial charge in [-0.1, -0.05) is 28.7 Å². The number of aromatic nitrogens is 2. The summed E-state index contributed by atoms with van der Waals surface area (Å²) < 4.78 is 26.1. The number of anilines is 2. The topological polar surface area (TPSA) is 56.3 Å². The van der Waals surface area contributed by atoms with Crippen LogP contribution < -0.4 is 14.8 Å². The molecule has 1 N–H and O–H groups in total. The molecule has 2 heterocycles. The van der Waals surface area contributed by atoms with Crippen molar-refractivity contribution in [3.05, 3.63) is 36.1 Å². The number of nitrogens with zero attached hydrogens (tertiary/aromatic N) is 2. The van der Waals surface area contributed by atoms with Gasteiger partial charge in [0, 0.05) is 6.07 Å². The lowest BCUT2D eigenvalue weighted by molar-refractivity contribution is 0.397. The van der Waals surface area contributed by atoms with Crippen LogP contribution in [0.3, 0.4) is 0 Å². The fraction of sp³-hybridized carbons (Fsp3) is 0.125. The van der Waals surface area contributed by atoms with Crippen molar-refractivity contribution in [2.24, 2.45) is 0 Å². The van der Waals surface area contributed by atoms with Crippen molar-refractivity contribution in [2.45, 2.75) is 0 Å². The van der Waals surface area contributed by atoms with E-state index in [2.05, 4.69) is 15.3 Å². The minimum atomic E-state index is -0.326. The maximum atomic E-state index is 13.8. The summed E-state index contributed by atoms with van der Waals surface area (Å²) in [7, 11) is 3.20. The Labute approximate surface area is 144 Å². The molecule has 0 bridgehead atoms. The molecule has 0 aliphatic rings. The van der Waals surface area contributed by atoms with Gasteiger partial charge in [-0.05, 0) is 18.2 Å². The van der Waals surface area contributed by atoms with Crippen LogP contribution in [0.25, 0.3) is 20.4 Å². The summed E-state index contributed by atoms with van der Waals surface area (Å²) in [6, 6.07) is 8.61. The molecule has 0 saturated heterocycles. The van der Waals surface area contributed by atoms with Crippen LogP contribution in [0.5, 0.6) is 11.5 Å². The molecule has 0 saturated carbocycles. The fourth-order valence-corrected chi connectivity index (χ4v) is 4.22. The predicted octanol–water partition coefficient (Wildman–Crippen LogP) is 4.81. The Hall–Kier alpha value is -2.45. The van der Waals surface area contributed by atoms with Gasteiger partial charge in [0.2, 0.25) is 0 Å². The van der Waals surface area contributed by atoms with Crippen LogP contribution >= 0.6 is 22.7 Å². The van der Waals surface area contributed by atoms with Gasteiger partial charge in [0.05, 0.1) is 23.6 Å². The smallest absolute Gasteiger partial charge is 0.190 e. The summed E-state index contributed by atoms with van der Waals surface area (Å²) in [5.74, 6) is 1.02. The molecule has 5 nitrogen and oxygen atoms in total. The van der Waals surface area contributed by atoms with Crippen molar-refractivity contribution < 1.29 is 13.9 Å². The van der Waals surface area contributed by atoms with Gasteiger partial charge in [-0.15, -0.1) is 0 Å². The first-order chi connectivity index (χ1) is 11.7. The second-order valence-electron chi connectivity index (χ2n) is 4.93. The van der Waals surface area contributed by atoms with Crippen molar-refractivity contribution in [3.63, 3.8) is 0 Å². The van der Waals surface area contributed by atoms with E-state index >= 15 is 0 Å². The second kappa shape index (κ2) is 5.88. The van der Waals surface area contributed by atoms with E-state index in [9.17, 15) is 4.39 Å². The number of nitrogens with one attached hydrogen (secondary N) is 1. The van der Waals surface area contributed by atoms with E-state index in [1.165, 1.54) is 28.7 Å². The Bertz CT molecular complexity index is 1040. The molecule has 4 aromatic rings. The number of para-hydroxylation sites is 1. The Balaban J connectivity index is 1.74. The fourth-order valence-electron chi connectivity index (χ4n) is 2.36. The van der Waals surface area contributed by atoms with Crippen molar-refractivity contribution in [3.8, 4) is 11.5 Å². The van der Waals surface area contributed by atoms with Crippen LogP contribution in [0.4, 0.5) is 14.7 Å². The molecule has 0 amide bonds. The maximum Gasteiger partial charge on any atom is 0.190 e. The first-order valence-corrected chi connectivity index (χ1v) is 8.66. The van der Waals surface area contributed by atoms with Gasteiger partial charge in [0.25, 0.3) is 0 Å². The van der Waals surface area contributed by atoms with E-state index in [0.717, 1.165) is 14.9 Å². The lowest BCUT2D eigenvalue weighted by atomic mass is 10.3. The molecule has 0 atom stereocenters. The van der Waals surface area contributed by atoms with Crippen molar-refractivity contribution in [1.29, 1.82) is 0 Å². The lowest BCUT2D eigenvalue weighted by Crippen LogP contribution is -1.89. The zero-order chi connectivity index (χ0) is 16.7. The van der Waals surface area contributed by atoms with Crippen molar-refractivity contribution in [1.82, 2.24) is 9.97 Å². The van der Waals surface area contributed by atoms with Crippen molar-refractivity contribution in [2.75, 3.05) is 19.5 Å². The standard InChI is InChI=1S/C16H12FN3O2S2/c1-21-8-6-10(22-2)14-12(7-8)24-16(19-14)20-15-18-13-9(17)4-3-5-11(13)23-15/h3-7H,1-2H3,(H,18,19,20). The van der Waals surface area contributed by atoms with E-state index in [-0.39, 0.29) is 5.82 Å². The molecule has 24 heavy (non-hydrogen) atoms. The quantitative estimate of drug-likeness (QED) is 0.565. The first-order valence-electron chi connectivity index (χ1n) is 7.02. The Morgan fingerprint density at radius 2 is 1.71 bits per heavy atom. The molecule has 2 aromatic carbocycles. The van der Waals surface area contributed by atoms with E-state index in [1.54, 1.807) is 26.4 Å². The van der Waals surface area contributed by atoms with E-state index < -0.39 is 0 Å². The minimum absolute atomic E-state index is 0.326. The van der Waals surface area contributed by atoms with Gasteiger partial charge in [-0.2, -0.15) is 0 Å². The molecule has 0 aliphatic heterocycles. The zero-order valence-electron chi connectivity index (χ0n) is 12.8. The molecule has 8 heteroatoms. The number of hydrogen-bond acceptors (Lipinski definition) is 7. The maximum absolute atomic E-state index is 13.8. The highest BCUT2D eigenvalue weighted by atomic mass is 32.1. The number of halogens is 1. The third kappa shape index (κ3) is 2.53. The molecule has 0 aliphatic carbocycles. The number of hydrogen-bond donors (Lipinski definition) is 1. The lowest BCUT2D eigenvalue weighted by Gasteiger charge is -2.03. The summed E-state index contributed by atoms with van der Waals surface area (Å²) in [6.07, 6.45) is 0. The molecule has 0 fully saturated rings. The summed E-state index contributed by atoms with van der Waals surface area (Å²) in [5.41, 5.74) is 1.11. The molecule has 4 rings (SSSR count). The highest BCUT2D eigenvalue weighted by Crippen LogP contribution is 2.38. The van der Waals surface area contributed by atoms with E-state index in [1.807, 2.05) is 12.1 Å². The van der Waals surface area contributed by atoms with E-state index in [0.29, 0.717) is 27.3 Å². The molecule has 0 spiro atoms. The van der Waals surface area contributed by atoms with E-state index in [4.69, 9.17) is 9.47 Å². The van der Waals surface area contributed by atoms with Gasteiger partial charge >= 0.3 is 0 Å². The molecule has 122 valence electrons. The second-order valence-corrected chi connectivity index (χ2v) is 6.99. The Kier molecular flexibility index (Phi) is 3.70. The van der Waals surface area contributed by atoms with Crippen LogP contribution in [0.1, 0.15) is 0 Å². The number of methoxy groups -OCH3 is 2. The predicted molar refractivity (Wildman–Crippen MR) is 95.6 cm³/mol. The Morgan fingerprint density at radius 3 is 2.42 bits per heavy atom. The van der Waals surface area contributed by atoms with Crippen LogP contribution in [-0.2, 0) is 0 Å². The monoisotopic (exact) mass is 361 g/mol. The molecule has 2 aromatic heterocycles. The first kappa shape index (κ1) is 15.1. The molecule has 0 radical (unpaired) electrons. The zero-order valence-corrected chi connectivity index (χ0v) is 14.4. The number of fused-ring (bicyclic) bond motifs is 2.